The van der Waals surface area contributed by atoms with Gasteiger partial charge in [0.15, 0.2) is 0 Å². The smallest absolute Gasteiger partial charge is 0.129 e. The van der Waals surface area contributed by atoms with Crippen LogP contribution in [0.4, 0.5) is 5.82 Å². The molecule has 16 heavy (non-hydrogen) atoms. The maximum Gasteiger partial charge on any atom is 0.129 e. The molecule has 1 aromatic rings. The molecular formula is C12H19N3S. The Morgan fingerprint density at radius 3 is 2.75 bits per heavy atom. The van der Waals surface area contributed by atoms with Gasteiger partial charge < -0.3 is 10.6 Å². The summed E-state index contributed by atoms with van der Waals surface area (Å²) in [6.45, 7) is 4.95. The number of nitrogens with zero attached hydrogens (tertiary/aromatic N) is 2. The van der Waals surface area contributed by atoms with Crippen LogP contribution in [0, 0.1) is 0 Å². The zero-order valence-electron chi connectivity index (χ0n) is 9.78. The summed E-state index contributed by atoms with van der Waals surface area (Å²) in [5.41, 5.74) is 8.07. The minimum absolute atomic E-state index is 0.602. The highest BCUT2D eigenvalue weighted by atomic mass is 32.2. The molecule has 0 atom stereocenters. The molecule has 1 aromatic heterocycles. The molecule has 2 heterocycles. The zero-order valence-corrected chi connectivity index (χ0v) is 10.6. The number of anilines is 1. The maximum atomic E-state index is 5.72. The second kappa shape index (κ2) is 5.55. The molecule has 0 spiro atoms. The molecule has 1 fully saturated rings. The quantitative estimate of drug-likeness (QED) is 0.868. The average molecular weight is 237 g/mol. The van der Waals surface area contributed by atoms with Gasteiger partial charge in [0.05, 0.1) is 0 Å². The minimum Gasteiger partial charge on any atom is -0.355 e. The predicted molar refractivity (Wildman–Crippen MR) is 71.0 cm³/mol. The molecule has 0 unspecified atom stereocenters. The molecule has 0 aliphatic carbocycles. The van der Waals surface area contributed by atoms with Gasteiger partial charge in [0.25, 0.3) is 0 Å². The van der Waals surface area contributed by atoms with Crippen LogP contribution in [0.2, 0.25) is 0 Å². The Morgan fingerprint density at radius 1 is 1.38 bits per heavy atom. The number of rotatable bonds is 3. The second-order valence-corrected chi connectivity index (χ2v) is 5.21. The maximum absolute atomic E-state index is 5.72. The van der Waals surface area contributed by atoms with Gasteiger partial charge in [-0.25, -0.2) is 4.98 Å². The van der Waals surface area contributed by atoms with Crippen molar-refractivity contribution in [2.75, 3.05) is 29.5 Å². The largest absolute Gasteiger partial charge is 0.355 e. The van der Waals surface area contributed by atoms with Crippen LogP contribution in [0.5, 0.6) is 0 Å². The third kappa shape index (κ3) is 2.68. The summed E-state index contributed by atoms with van der Waals surface area (Å²) in [7, 11) is 0. The second-order valence-electron chi connectivity index (χ2n) is 3.98. The van der Waals surface area contributed by atoms with Gasteiger partial charge in [-0.1, -0.05) is 6.92 Å². The monoisotopic (exact) mass is 237 g/mol. The summed E-state index contributed by atoms with van der Waals surface area (Å²) in [5, 5.41) is 0. The summed E-state index contributed by atoms with van der Waals surface area (Å²) in [4.78, 5) is 7.05. The predicted octanol–water partition coefficient (Wildman–Crippen LogP) is 1.66. The topological polar surface area (TPSA) is 42.1 Å². The molecule has 2 N–H and O–H groups in total. The summed E-state index contributed by atoms with van der Waals surface area (Å²) in [6.07, 6.45) is 0.976. The van der Waals surface area contributed by atoms with E-state index in [-0.39, 0.29) is 0 Å². The zero-order chi connectivity index (χ0) is 11.4. The Bertz CT molecular complexity index is 326. The third-order valence-electron chi connectivity index (χ3n) is 2.86. The van der Waals surface area contributed by atoms with Crippen LogP contribution in [0.15, 0.2) is 12.1 Å². The van der Waals surface area contributed by atoms with Gasteiger partial charge in [-0.15, -0.1) is 0 Å². The van der Waals surface area contributed by atoms with Gasteiger partial charge >= 0.3 is 0 Å². The number of hydrogen-bond acceptors (Lipinski definition) is 4. The van der Waals surface area contributed by atoms with Crippen molar-refractivity contribution >= 4 is 17.6 Å². The van der Waals surface area contributed by atoms with Gasteiger partial charge in [-0.2, -0.15) is 11.8 Å². The lowest BCUT2D eigenvalue weighted by molar-refractivity contribution is 0.826. The highest BCUT2D eigenvalue weighted by Gasteiger charge is 2.13. The van der Waals surface area contributed by atoms with E-state index in [1.807, 2.05) is 11.8 Å². The fraction of sp³-hybridized carbons (Fsp3) is 0.583. The van der Waals surface area contributed by atoms with E-state index in [4.69, 9.17) is 5.73 Å². The SMILES string of the molecule is CCc1cc(CN)cc(N2CCSCC2)n1. The van der Waals surface area contributed by atoms with Crippen LogP contribution in [-0.2, 0) is 13.0 Å². The molecule has 88 valence electrons. The normalized spacial score (nSPS) is 16.5. The first-order valence-electron chi connectivity index (χ1n) is 5.86. The van der Waals surface area contributed by atoms with Gasteiger partial charge in [0.1, 0.15) is 5.82 Å². The molecular weight excluding hydrogens is 218 g/mol. The molecule has 0 saturated carbocycles. The highest BCUT2D eigenvalue weighted by Crippen LogP contribution is 2.19. The Kier molecular flexibility index (Phi) is 4.07. The van der Waals surface area contributed by atoms with E-state index in [1.165, 1.54) is 17.1 Å². The van der Waals surface area contributed by atoms with Crippen molar-refractivity contribution in [1.29, 1.82) is 0 Å². The van der Waals surface area contributed by atoms with E-state index >= 15 is 0 Å². The first-order valence-corrected chi connectivity index (χ1v) is 7.01. The van der Waals surface area contributed by atoms with Gasteiger partial charge in [-0.3, -0.25) is 0 Å². The summed E-state index contributed by atoms with van der Waals surface area (Å²) < 4.78 is 0. The third-order valence-corrected chi connectivity index (χ3v) is 3.80. The van der Waals surface area contributed by atoms with Crippen molar-refractivity contribution in [1.82, 2.24) is 4.98 Å². The lowest BCUT2D eigenvalue weighted by Gasteiger charge is -2.28. The number of thioether (sulfide) groups is 1. The molecule has 1 aliphatic heterocycles. The Hall–Kier alpha value is -0.740. The molecule has 2 rings (SSSR count). The Morgan fingerprint density at radius 2 is 2.12 bits per heavy atom. The first-order chi connectivity index (χ1) is 7.83. The number of hydrogen-bond donors (Lipinski definition) is 1. The van der Waals surface area contributed by atoms with Gasteiger partial charge in [-0.05, 0) is 24.1 Å². The van der Waals surface area contributed by atoms with Crippen LogP contribution < -0.4 is 10.6 Å². The van der Waals surface area contributed by atoms with E-state index in [9.17, 15) is 0 Å². The molecule has 0 amide bonds. The Labute approximate surface area is 101 Å². The van der Waals surface area contributed by atoms with Crippen LogP contribution in [0.25, 0.3) is 0 Å². The van der Waals surface area contributed by atoms with E-state index in [0.717, 1.165) is 31.0 Å². The highest BCUT2D eigenvalue weighted by molar-refractivity contribution is 7.99. The van der Waals surface area contributed by atoms with E-state index < -0.39 is 0 Å². The molecule has 0 aromatic carbocycles. The fourth-order valence-electron chi connectivity index (χ4n) is 1.89. The minimum atomic E-state index is 0.602. The summed E-state index contributed by atoms with van der Waals surface area (Å²) >= 11 is 2.02. The number of aromatic nitrogens is 1. The molecule has 4 heteroatoms. The first kappa shape index (κ1) is 11.7. The number of aryl methyl sites for hydroxylation is 1. The van der Waals surface area contributed by atoms with E-state index in [2.05, 4.69) is 28.9 Å². The standard InChI is InChI=1S/C12H19N3S/c1-2-11-7-10(9-13)8-12(14-11)15-3-5-16-6-4-15/h7-8H,2-6,9,13H2,1H3. The summed E-state index contributed by atoms with van der Waals surface area (Å²) in [5.74, 6) is 3.52. The van der Waals surface area contributed by atoms with E-state index in [0.29, 0.717) is 6.54 Å². The number of nitrogens with two attached hydrogens (primary N) is 1. The molecule has 1 saturated heterocycles. The average Bonchev–Trinajstić information content (AvgIpc) is 2.39. The summed E-state index contributed by atoms with van der Waals surface area (Å²) in [6, 6.07) is 4.25. The van der Waals surface area contributed by atoms with Crippen molar-refractivity contribution < 1.29 is 0 Å². The lowest BCUT2D eigenvalue weighted by Crippen LogP contribution is -2.33. The van der Waals surface area contributed by atoms with Gasteiger partial charge in [0, 0.05) is 36.8 Å². The molecule has 0 bridgehead atoms. The van der Waals surface area contributed by atoms with Crippen molar-refractivity contribution in [2.24, 2.45) is 5.73 Å². The number of pyridine rings is 1. The molecule has 0 radical (unpaired) electrons. The van der Waals surface area contributed by atoms with Crippen LogP contribution in [-0.4, -0.2) is 29.6 Å². The molecule has 1 aliphatic rings. The van der Waals surface area contributed by atoms with Crippen LogP contribution in [0.3, 0.4) is 0 Å². The van der Waals surface area contributed by atoms with Crippen LogP contribution in [0.1, 0.15) is 18.2 Å². The van der Waals surface area contributed by atoms with E-state index in [1.54, 1.807) is 0 Å². The van der Waals surface area contributed by atoms with Crippen molar-refractivity contribution in [3.63, 3.8) is 0 Å². The van der Waals surface area contributed by atoms with Crippen LogP contribution >= 0.6 is 11.8 Å². The lowest BCUT2D eigenvalue weighted by atomic mass is 10.2. The van der Waals surface area contributed by atoms with Crippen molar-refractivity contribution in [3.8, 4) is 0 Å². The Balaban J connectivity index is 2.24. The van der Waals surface area contributed by atoms with Gasteiger partial charge in [0.2, 0.25) is 0 Å². The van der Waals surface area contributed by atoms with Crippen molar-refractivity contribution in [3.05, 3.63) is 23.4 Å². The fourth-order valence-corrected chi connectivity index (χ4v) is 2.79. The molecule has 3 nitrogen and oxygen atoms in total. The van der Waals surface area contributed by atoms with Crippen molar-refractivity contribution in [2.45, 2.75) is 19.9 Å².